The SMILES string of the molecule is Cc1cc(/C=N\Nc2ccc([N+](=O)[O-])cn2)c(C)n1-c1ccc2c(c1)OCO2. The van der Waals surface area contributed by atoms with E-state index < -0.39 is 4.92 Å². The molecule has 0 atom stereocenters. The summed E-state index contributed by atoms with van der Waals surface area (Å²) in [7, 11) is 0. The molecule has 0 aliphatic carbocycles. The van der Waals surface area contributed by atoms with Crippen LogP contribution in [0, 0.1) is 24.0 Å². The fourth-order valence-electron chi connectivity index (χ4n) is 3.07. The van der Waals surface area contributed by atoms with Crippen molar-refractivity contribution in [2.24, 2.45) is 5.10 Å². The predicted molar refractivity (Wildman–Crippen MR) is 103 cm³/mol. The summed E-state index contributed by atoms with van der Waals surface area (Å²) >= 11 is 0. The lowest BCUT2D eigenvalue weighted by Crippen LogP contribution is -2.00. The highest BCUT2D eigenvalue weighted by Crippen LogP contribution is 2.34. The van der Waals surface area contributed by atoms with Crippen LogP contribution in [0.15, 0.2) is 47.7 Å². The zero-order valence-electron chi connectivity index (χ0n) is 15.2. The minimum atomic E-state index is -0.495. The number of hydrogen-bond donors (Lipinski definition) is 1. The minimum Gasteiger partial charge on any atom is -0.454 e. The van der Waals surface area contributed by atoms with Gasteiger partial charge in [0.25, 0.3) is 5.69 Å². The standard InChI is InChI=1S/C19H17N5O4/c1-12-7-14(9-21-22-19-6-4-16(10-20-19)24(25)26)13(2)23(12)15-3-5-17-18(8-15)28-11-27-17/h3-10H,11H2,1-2H3,(H,20,22)/b21-9-. The van der Waals surface area contributed by atoms with Gasteiger partial charge >= 0.3 is 0 Å². The number of ether oxygens (including phenoxy) is 2. The summed E-state index contributed by atoms with van der Waals surface area (Å²) in [5.41, 5.74) is 6.68. The van der Waals surface area contributed by atoms with E-state index in [1.165, 1.54) is 18.3 Å². The van der Waals surface area contributed by atoms with Gasteiger partial charge in [-0.05, 0) is 38.1 Å². The second-order valence-corrected chi connectivity index (χ2v) is 6.23. The highest BCUT2D eigenvalue weighted by molar-refractivity contribution is 5.82. The van der Waals surface area contributed by atoms with Gasteiger partial charge in [0.2, 0.25) is 6.79 Å². The maximum Gasteiger partial charge on any atom is 0.287 e. The molecule has 1 N–H and O–H groups in total. The number of nitrogens with zero attached hydrogens (tertiary/aromatic N) is 4. The Morgan fingerprint density at radius 1 is 1.21 bits per heavy atom. The molecule has 3 aromatic rings. The summed E-state index contributed by atoms with van der Waals surface area (Å²) in [5, 5.41) is 14.8. The van der Waals surface area contributed by atoms with Crippen molar-refractivity contribution < 1.29 is 14.4 Å². The number of aromatic nitrogens is 2. The summed E-state index contributed by atoms with van der Waals surface area (Å²) in [4.78, 5) is 14.1. The molecule has 1 aliphatic rings. The molecule has 3 heterocycles. The van der Waals surface area contributed by atoms with Crippen molar-refractivity contribution in [3.63, 3.8) is 0 Å². The van der Waals surface area contributed by atoms with Crippen molar-refractivity contribution in [1.82, 2.24) is 9.55 Å². The molecule has 0 amide bonds. The molecule has 28 heavy (non-hydrogen) atoms. The first-order valence-corrected chi connectivity index (χ1v) is 8.51. The van der Waals surface area contributed by atoms with Gasteiger partial charge in [-0.2, -0.15) is 5.10 Å². The lowest BCUT2D eigenvalue weighted by Gasteiger charge is -2.10. The van der Waals surface area contributed by atoms with Crippen LogP contribution in [-0.4, -0.2) is 27.5 Å². The quantitative estimate of drug-likeness (QED) is 0.413. The third-order valence-electron chi connectivity index (χ3n) is 4.43. The number of hydrogen-bond acceptors (Lipinski definition) is 7. The number of benzene rings is 1. The van der Waals surface area contributed by atoms with Crippen LogP contribution in [0.3, 0.4) is 0 Å². The van der Waals surface area contributed by atoms with Crippen LogP contribution >= 0.6 is 0 Å². The van der Waals surface area contributed by atoms with Gasteiger partial charge in [-0.1, -0.05) is 0 Å². The van der Waals surface area contributed by atoms with E-state index in [1.54, 1.807) is 6.21 Å². The van der Waals surface area contributed by atoms with E-state index in [4.69, 9.17) is 9.47 Å². The number of aryl methyl sites for hydroxylation is 1. The van der Waals surface area contributed by atoms with Crippen LogP contribution in [0.25, 0.3) is 5.69 Å². The normalized spacial score (nSPS) is 12.5. The molecule has 0 unspecified atom stereocenters. The summed E-state index contributed by atoms with van der Waals surface area (Å²) in [6.45, 7) is 4.26. The average molecular weight is 379 g/mol. The Morgan fingerprint density at radius 2 is 2.04 bits per heavy atom. The van der Waals surface area contributed by atoms with E-state index in [2.05, 4.69) is 20.1 Å². The Kier molecular flexibility index (Phi) is 4.40. The van der Waals surface area contributed by atoms with E-state index in [1.807, 2.05) is 38.1 Å². The van der Waals surface area contributed by atoms with Gasteiger partial charge in [-0.25, -0.2) is 4.98 Å². The molecule has 4 rings (SSSR count). The van der Waals surface area contributed by atoms with Crippen molar-refractivity contribution in [2.45, 2.75) is 13.8 Å². The average Bonchev–Trinajstić information content (AvgIpc) is 3.26. The first kappa shape index (κ1) is 17.5. The van der Waals surface area contributed by atoms with Gasteiger partial charge in [-0.15, -0.1) is 0 Å². The van der Waals surface area contributed by atoms with E-state index in [9.17, 15) is 10.1 Å². The highest BCUT2D eigenvalue weighted by atomic mass is 16.7. The molecule has 1 aromatic carbocycles. The molecule has 142 valence electrons. The second-order valence-electron chi connectivity index (χ2n) is 6.23. The number of hydrazone groups is 1. The zero-order chi connectivity index (χ0) is 19.7. The Morgan fingerprint density at radius 3 is 2.79 bits per heavy atom. The van der Waals surface area contributed by atoms with Gasteiger partial charge in [0, 0.05) is 34.8 Å². The Labute approximate surface area is 160 Å². The molecule has 2 aromatic heterocycles. The van der Waals surface area contributed by atoms with E-state index >= 15 is 0 Å². The van der Waals surface area contributed by atoms with Crippen molar-refractivity contribution in [2.75, 3.05) is 12.2 Å². The van der Waals surface area contributed by atoms with Gasteiger partial charge < -0.3 is 14.0 Å². The third kappa shape index (κ3) is 3.25. The van der Waals surface area contributed by atoms with Crippen molar-refractivity contribution >= 4 is 17.7 Å². The maximum absolute atomic E-state index is 10.7. The Hall–Kier alpha value is -3.88. The second kappa shape index (κ2) is 7.03. The van der Waals surface area contributed by atoms with Crippen molar-refractivity contribution in [3.8, 4) is 17.2 Å². The first-order valence-electron chi connectivity index (χ1n) is 8.51. The molecule has 9 nitrogen and oxygen atoms in total. The number of rotatable bonds is 5. The third-order valence-corrected chi connectivity index (χ3v) is 4.43. The molecule has 0 spiro atoms. The predicted octanol–water partition coefficient (Wildman–Crippen LogP) is 3.57. The number of pyridine rings is 1. The van der Waals surface area contributed by atoms with Gasteiger partial charge in [0.05, 0.1) is 11.1 Å². The Balaban J connectivity index is 1.54. The zero-order valence-corrected chi connectivity index (χ0v) is 15.2. The fraction of sp³-hybridized carbons (Fsp3) is 0.158. The van der Waals surface area contributed by atoms with Crippen LogP contribution < -0.4 is 14.9 Å². The largest absolute Gasteiger partial charge is 0.454 e. The molecule has 9 heteroatoms. The number of fused-ring (bicyclic) bond motifs is 1. The van der Waals surface area contributed by atoms with Crippen LogP contribution in [0.5, 0.6) is 11.5 Å². The van der Waals surface area contributed by atoms with Crippen molar-refractivity contribution in [3.05, 3.63) is 69.7 Å². The minimum absolute atomic E-state index is 0.0678. The van der Waals surface area contributed by atoms with Gasteiger partial charge in [0.1, 0.15) is 12.0 Å². The maximum atomic E-state index is 10.7. The summed E-state index contributed by atoms with van der Waals surface area (Å²) < 4.78 is 12.9. The van der Waals surface area contributed by atoms with E-state index in [0.717, 1.165) is 34.1 Å². The van der Waals surface area contributed by atoms with Crippen LogP contribution in [0.1, 0.15) is 17.0 Å². The van der Waals surface area contributed by atoms with Gasteiger partial charge in [0.15, 0.2) is 11.5 Å². The smallest absolute Gasteiger partial charge is 0.287 e. The lowest BCUT2D eigenvalue weighted by molar-refractivity contribution is -0.385. The number of nitrogens with one attached hydrogen (secondary N) is 1. The monoisotopic (exact) mass is 379 g/mol. The highest BCUT2D eigenvalue weighted by Gasteiger charge is 2.16. The lowest BCUT2D eigenvalue weighted by atomic mass is 10.2. The topological polar surface area (TPSA) is 104 Å². The van der Waals surface area contributed by atoms with E-state index in [0.29, 0.717) is 5.82 Å². The first-order chi connectivity index (χ1) is 13.5. The number of nitro groups is 1. The molecular weight excluding hydrogens is 362 g/mol. The molecule has 0 radical (unpaired) electrons. The van der Waals surface area contributed by atoms with Crippen LogP contribution in [0.2, 0.25) is 0 Å². The van der Waals surface area contributed by atoms with Crippen molar-refractivity contribution in [1.29, 1.82) is 0 Å². The molecule has 0 fully saturated rings. The molecular formula is C19H17N5O4. The molecule has 0 bridgehead atoms. The summed E-state index contributed by atoms with van der Waals surface area (Å²) in [6.07, 6.45) is 2.87. The molecule has 0 saturated carbocycles. The van der Waals surface area contributed by atoms with Crippen LogP contribution in [-0.2, 0) is 0 Å². The number of anilines is 1. The van der Waals surface area contributed by atoms with E-state index in [-0.39, 0.29) is 12.5 Å². The summed E-state index contributed by atoms with van der Waals surface area (Å²) in [5.74, 6) is 1.89. The van der Waals surface area contributed by atoms with Gasteiger partial charge in [-0.3, -0.25) is 15.5 Å². The Bertz CT molecular complexity index is 1070. The fourth-order valence-corrected chi connectivity index (χ4v) is 3.07. The molecule has 0 saturated heterocycles. The van der Waals surface area contributed by atoms with Crippen LogP contribution in [0.4, 0.5) is 11.5 Å². The summed E-state index contributed by atoms with van der Waals surface area (Å²) in [6, 6.07) is 10.7. The molecule has 1 aliphatic heterocycles.